The Balaban J connectivity index is 1.89. The fourth-order valence-corrected chi connectivity index (χ4v) is 2.71. The number of hydrogen-bond donors (Lipinski definition) is 2. The van der Waals surface area contributed by atoms with Crippen molar-refractivity contribution in [3.63, 3.8) is 0 Å². The summed E-state index contributed by atoms with van der Waals surface area (Å²) in [6, 6.07) is 11.5. The second kappa shape index (κ2) is 9.49. The average Bonchev–Trinajstić information content (AvgIpc) is 2.74. The zero-order valence-electron chi connectivity index (χ0n) is 16.3. The Kier molecular flexibility index (Phi) is 6.92. The Morgan fingerprint density at radius 2 is 1.64 bits per heavy atom. The molecule has 33 heavy (non-hydrogen) atoms. The van der Waals surface area contributed by atoms with Crippen LogP contribution in [-0.4, -0.2) is 17.1 Å². The number of nitrogens with one attached hydrogen (secondary N) is 2. The van der Waals surface area contributed by atoms with Gasteiger partial charge >= 0.3 is 12.4 Å². The molecule has 5 nitrogen and oxygen atoms in total. The maximum Gasteiger partial charge on any atom is 0.433 e. The number of carbonyl (C=O) groups excluding carboxylic acids is 1. The fraction of sp³-hybridized carbons (Fsp3) is 0.0952. The van der Waals surface area contributed by atoms with Crippen LogP contribution >= 0.6 is 11.6 Å². The van der Waals surface area contributed by atoms with Gasteiger partial charge in [-0.05, 0) is 48.0 Å². The van der Waals surface area contributed by atoms with Gasteiger partial charge in [0.1, 0.15) is 11.5 Å². The van der Waals surface area contributed by atoms with Gasteiger partial charge in [0, 0.05) is 10.7 Å². The molecule has 0 bridgehead atoms. The first-order valence-electron chi connectivity index (χ1n) is 9.05. The molecule has 0 aliphatic carbocycles. The van der Waals surface area contributed by atoms with Crippen molar-refractivity contribution in [2.45, 2.75) is 12.4 Å². The summed E-state index contributed by atoms with van der Waals surface area (Å²) in [5.74, 6) is -1.53. The van der Waals surface area contributed by atoms with Crippen LogP contribution in [0.5, 0.6) is 0 Å². The van der Waals surface area contributed by atoms with E-state index in [0.29, 0.717) is 22.7 Å². The topological polar surface area (TPSA) is 66.4 Å². The van der Waals surface area contributed by atoms with E-state index in [9.17, 15) is 31.1 Å². The lowest BCUT2D eigenvalue weighted by molar-refractivity contribution is -0.141. The van der Waals surface area contributed by atoms with Crippen molar-refractivity contribution in [2.24, 2.45) is 5.10 Å². The van der Waals surface area contributed by atoms with Gasteiger partial charge in [0.05, 0.1) is 17.3 Å². The van der Waals surface area contributed by atoms with Gasteiger partial charge in [0.15, 0.2) is 0 Å². The van der Waals surface area contributed by atoms with Crippen molar-refractivity contribution in [3.8, 4) is 0 Å². The second-order valence-electron chi connectivity index (χ2n) is 6.54. The van der Waals surface area contributed by atoms with Crippen molar-refractivity contribution in [1.82, 2.24) is 10.4 Å². The largest absolute Gasteiger partial charge is 0.433 e. The summed E-state index contributed by atoms with van der Waals surface area (Å²) in [6.07, 6.45) is -8.24. The van der Waals surface area contributed by atoms with E-state index in [4.69, 9.17) is 11.6 Å². The summed E-state index contributed by atoms with van der Waals surface area (Å²) in [5.41, 5.74) is -0.229. The molecule has 172 valence electrons. The van der Waals surface area contributed by atoms with Crippen molar-refractivity contribution in [3.05, 3.63) is 88.1 Å². The van der Waals surface area contributed by atoms with Crippen molar-refractivity contribution in [2.75, 3.05) is 5.32 Å². The molecule has 0 saturated heterocycles. The van der Waals surface area contributed by atoms with Crippen molar-refractivity contribution < 1.29 is 31.1 Å². The standard InChI is InChI=1S/C21H13ClF6N4O/c22-14-6-4-12(5-7-14)11-29-32-19(33)16-8-9-17(21(26,27)28)31-18(16)30-15-3-1-2-13(10-15)20(23,24)25/h1-11H,(H,30,31)(H,32,33)/b29-11+. The van der Waals surface area contributed by atoms with Crippen LogP contribution < -0.4 is 10.7 Å². The Morgan fingerprint density at radius 3 is 2.27 bits per heavy atom. The van der Waals surface area contributed by atoms with Crippen molar-refractivity contribution >= 4 is 35.2 Å². The molecule has 0 spiro atoms. The molecule has 1 amide bonds. The quantitative estimate of drug-likeness (QED) is 0.253. The number of hydrogen-bond acceptors (Lipinski definition) is 4. The molecular formula is C21H13ClF6N4O. The van der Waals surface area contributed by atoms with Gasteiger partial charge in [-0.3, -0.25) is 4.79 Å². The second-order valence-corrected chi connectivity index (χ2v) is 6.98. The molecule has 2 N–H and O–H groups in total. The summed E-state index contributed by atoms with van der Waals surface area (Å²) in [6.45, 7) is 0. The number of nitrogens with zero attached hydrogens (tertiary/aromatic N) is 2. The van der Waals surface area contributed by atoms with Crippen LogP contribution in [0.1, 0.15) is 27.2 Å². The summed E-state index contributed by atoms with van der Waals surface area (Å²) < 4.78 is 78.2. The minimum absolute atomic E-state index is 0.213. The van der Waals surface area contributed by atoms with E-state index >= 15 is 0 Å². The molecule has 1 aromatic heterocycles. The molecule has 1 heterocycles. The van der Waals surface area contributed by atoms with Crippen molar-refractivity contribution in [1.29, 1.82) is 0 Å². The van der Waals surface area contributed by atoms with Gasteiger partial charge < -0.3 is 5.32 Å². The molecule has 0 aliphatic heterocycles. The first-order chi connectivity index (χ1) is 15.4. The van der Waals surface area contributed by atoms with E-state index in [1.165, 1.54) is 12.3 Å². The van der Waals surface area contributed by atoms with Gasteiger partial charge in [0.25, 0.3) is 5.91 Å². The summed E-state index contributed by atoms with van der Waals surface area (Å²) in [5, 5.41) is 6.56. The number of pyridine rings is 1. The number of hydrazone groups is 1. The first-order valence-corrected chi connectivity index (χ1v) is 9.43. The lowest BCUT2D eigenvalue weighted by atomic mass is 10.1. The maximum absolute atomic E-state index is 13.1. The van der Waals surface area contributed by atoms with Gasteiger partial charge in [-0.15, -0.1) is 0 Å². The van der Waals surface area contributed by atoms with E-state index in [1.807, 2.05) is 0 Å². The van der Waals surface area contributed by atoms with Gasteiger partial charge in [-0.2, -0.15) is 31.4 Å². The Hall–Kier alpha value is -3.60. The van der Waals surface area contributed by atoms with Gasteiger partial charge in [0.2, 0.25) is 0 Å². The number of anilines is 2. The SMILES string of the molecule is O=C(N/N=C/c1ccc(Cl)cc1)c1ccc(C(F)(F)F)nc1Nc1cccc(C(F)(F)F)c1. The first kappa shape index (κ1) is 24.1. The number of benzene rings is 2. The van der Waals surface area contributed by atoms with Crippen LogP contribution in [0.25, 0.3) is 0 Å². The van der Waals surface area contributed by atoms with Crippen LogP contribution in [0.4, 0.5) is 37.8 Å². The number of rotatable bonds is 5. The summed E-state index contributed by atoms with van der Waals surface area (Å²) in [4.78, 5) is 15.9. The van der Waals surface area contributed by atoms with Crippen LogP contribution in [0.15, 0.2) is 65.8 Å². The highest BCUT2D eigenvalue weighted by atomic mass is 35.5. The van der Waals surface area contributed by atoms with E-state index < -0.39 is 35.3 Å². The Morgan fingerprint density at radius 1 is 0.939 bits per heavy atom. The minimum Gasteiger partial charge on any atom is -0.340 e. The lowest BCUT2D eigenvalue weighted by Crippen LogP contribution is -2.21. The molecule has 2 aromatic carbocycles. The number of halogens is 7. The van der Waals surface area contributed by atoms with Gasteiger partial charge in [-0.25, -0.2) is 10.4 Å². The number of amides is 1. The third-order valence-corrected chi connectivity index (χ3v) is 4.38. The number of aromatic nitrogens is 1. The highest BCUT2D eigenvalue weighted by molar-refractivity contribution is 6.30. The number of carbonyl (C=O) groups is 1. The smallest absolute Gasteiger partial charge is 0.340 e. The highest BCUT2D eigenvalue weighted by Gasteiger charge is 2.34. The zero-order valence-corrected chi connectivity index (χ0v) is 17.1. The van der Waals surface area contributed by atoms with Crippen LogP contribution in [-0.2, 0) is 12.4 Å². The summed E-state index contributed by atoms with van der Waals surface area (Å²) >= 11 is 5.77. The van der Waals surface area contributed by atoms with E-state index in [2.05, 4.69) is 20.8 Å². The molecular weight excluding hydrogens is 474 g/mol. The lowest BCUT2D eigenvalue weighted by Gasteiger charge is -2.14. The normalized spacial score (nSPS) is 12.1. The molecule has 3 aromatic rings. The fourth-order valence-electron chi connectivity index (χ4n) is 2.58. The predicted molar refractivity (Wildman–Crippen MR) is 110 cm³/mol. The molecule has 12 heteroatoms. The Bertz CT molecular complexity index is 1180. The van der Waals surface area contributed by atoms with Crippen LogP contribution in [0.3, 0.4) is 0 Å². The average molecular weight is 487 g/mol. The van der Waals surface area contributed by atoms with E-state index in [-0.39, 0.29) is 11.3 Å². The minimum atomic E-state index is -4.84. The highest BCUT2D eigenvalue weighted by Crippen LogP contribution is 2.33. The maximum atomic E-state index is 13.1. The zero-order chi connectivity index (χ0) is 24.2. The van der Waals surface area contributed by atoms with Crippen LogP contribution in [0.2, 0.25) is 5.02 Å². The molecule has 0 radical (unpaired) electrons. The molecule has 3 rings (SSSR count). The number of alkyl halides is 6. The molecule has 0 unspecified atom stereocenters. The third-order valence-electron chi connectivity index (χ3n) is 4.13. The Labute approximate surface area is 188 Å². The monoisotopic (exact) mass is 486 g/mol. The van der Waals surface area contributed by atoms with Crippen LogP contribution in [0, 0.1) is 0 Å². The summed E-state index contributed by atoms with van der Waals surface area (Å²) in [7, 11) is 0. The molecule has 0 saturated carbocycles. The van der Waals surface area contributed by atoms with E-state index in [0.717, 1.165) is 18.2 Å². The third kappa shape index (κ3) is 6.45. The predicted octanol–water partition coefficient (Wildman–Crippen LogP) is 6.28. The van der Waals surface area contributed by atoms with Gasteiger partial charge in [-0.1, -0.05) is 29.8 Å². The van der Waals surface area contributed by atoms with E-state index in [1.54, 1.807) is 24.3 Å². The molecule has 0 aliphatic rings. The molecule has 0 fully saturated rings. The molecule has 0 atom stereocenters.